The van der Waals surface area contributed by atoms with Gasteiger partial charge >= 0.3 is 0 Å². The lowest BCUT2D eigenvalue weighted by molar-refractivity contribution is -0.123. The van der Waals surface area contributed by atoms with Gasteiger partial charge in [-0.1, -0.05) is 6.07 Å². The lowest BCUT2D eigenvalue weighted by Crippen LogP contribution is -2.28. The summed E-state index contributed by atoms with van der Waals surface area (Å²) in [6, 6.07) is 13.3. The van der Waals surface area contributed by atoms with Crippen LogP contribution in [0.15, 0.2) is 68.8 Å². The number of rotatable bonds is 8. The molecule has 142 valence electrons. The van der Waals surface area contributed by atoms with E-state index in [-0.39, 0.29) is 16.7 Å². The van der Waals surface area contributed by atoms with Gasteiger partial charge in [0.05, 0.1) is 18.5 Å². The van der Waals surface area contributed by atoms with Gasteiger partial charge in [0.1, 0.15) is 15.7 Å². The first-order chi connectivity index (χ1) is 13.0. The van der Waals surface area contributed by atoms with Gasteiger partial charge in [0.25, 0.3) is 15.9 Å². The Balaban J connectivity index is 1.55. The van der Waals surface area contributed by atoms with Gasteiger partial charge < -0.3 is 14.5 Å². The van der Waals surface area contributed by atoms with E-state index < -0.39 is 10.0 Å². The molecule has 0 aliphatic rings. The molecule has 0 saturated heterocycles. The molecular formula is C18H18N2O5S2. The van der Waals surface area contributed by atoms with Crippen LogP contribution in [-0.4, -0.2) is 28.0 Å². The standard InChI is InChI=1S/C18H18N2O5S2/c1-20(27(22,23)18-5-3-11-26-18)14-6-8-15(9-7-14)25-13-17(21)19-12-16-4-2-10-24-16/h2-11H,12-13H2,1H3,(H,19,21). The fourth-order valence-electron chi connectivity index (χ4n) is 2.24. The number of benzene rings is 1. The molecular weight excluding hydrogens is 388 g/mol. The summed E-state index contributed by atoms with van der Waals surface area (Å²) in [5.41, 5.74) is 0.498. The molecule has 0 spiro atoms. The van der Waals surface area contributed by atoms with E-state index in [0.29, 0.717) is 23.7 Å². The summed E-state index contributed by atoms with van der Waals surface area (Å²) < 4.78 is 37.0. The van der Waals surface area contributed by atoms with Gasteiger partial charge in [0, 0.05) is 7.05 Å². The Morgan fingerprint density at radius 1 is 1.19 bits per heavy atom. The van der Waals surface area contributed by atoms with Crippen molar-refractivity contribution in [2.45, 2.75) is 10.8 Å². The third-order valence-electron chi connectivity index (χ3n) is 3.72. The summed E-state index contributed by atoms with van der Waals surface area (Å²) in [6.45, 7) is 0.142. The number of furan rings is 1. The molecule has 27 heavy (non-hydrogen) atoms. The molecule has 1 N–H and O–H groups in total. The van der Waals surface area contributed by atoms with E-state index >= 15 is 0 Å². The van der Waals surface area contributed by atoms with Gasteiger partial charge in [-0.25, -0.2) is 8.42 Å². The molecule has 0 aliphatic carbocycles. The van der Waals surface area contributed by atoms with Gasteiger partial charge in [-0.15, -0.1) is 11.3 Å². The van der Waals surface area contributed by atoms with Crippen LogP contribution in [-0.2, 0) is 21.4 Å². The van der Waals surface area contributed by atoms with Crippen LogP contribution in [0.5, 0.6) is 5.75 Å². The van der Waals surface area contributed by atoms with Crippen molar-refractivity contribution in [3.05, 3.63) is 65.9 Å². The second kappa shape index (κ2) is 8.28. The van der Waals surface area contributed by atoms with Crippen molar-refractivity contribution in [2.24, 2.45) is 0 Å². The van der Waals surface area contributed by atoms with Crippen molar-refractivity contribution < 1.29 is 22.4 Å². The summed E-state index contributed by atoms with van der Waals surface area (Å²) >= 11 is 1.17. The molecule has 0 radical (unpaired) electrons. The minimum atomic E-state index is -3.58. The second-order valence-electron chi connectivity index (χ2n) is 5.54. The van der Waals surface area contributed by atoms with E-state index in [1.807, 2.05) is 0 Å². The summed E-state index contributed by atoms with van der Waals surface area (Å²) in [7, 11) is -2.09. The molecule has 1 amide bonds. The molecule has 7 nitrogen and oxygen atoms in total. The fraction of sp³-hybridized carbons (Fsp3) is 0.167. The molecule has 0 aliphatic heterocycles. The number of ether oxygens (including phenoxy) is 1. The van der Waals surface area contributed by atoms with Crippen molar-refractivity contribution in [1.29, 1.82) is 0 Å². The number of carbonyl (C=O) groups is 1. The lowest BCUT2D eigenvalue weighted by atomic mass is 10.3. The highest BCUT2D eigenvalue weighted by Gasteiger charge is 2.22. The number of nitrogens with one attached hydrogen (secondary N) is 1. The average Bonchev–Trinajstić information content (AvgIpc) is 3.38. The number of hydrogen-bond acceptors (Lipinski definition) is 6. The summed E-state index contributed by atoms with van der Waals surface area (Å²) in [5, 5.41) is 4.39. The van der Waals surface area contributed by atoms with E-state index in [2.05, 4.69) is 5.32 Å². The molecule has 1 aromatic carbocycles. The number of hydrogen-bond donors (Lipinski definition) is 1. The highest BCUT2D eigenvalue weighted by molar-refractivity contribution is 7.94. The maximum Gasteiger partial charge on any atom is 0.273 e. The average molecular weight is 406 g/mol. The topological polar surface area (TPSA) is 88.8 Å². The first kappa shape index (κ1) is 19.0. The molecule has 0 unspecified atom stereocenters. The van der Waals surface area contributed by atoms with Crippen molar-refractivity contribution in [1.82, 2.24) is 5.32 Å². The maximum atomic E-state index is 12.5. The molecule has 2 aromatic heterocycles. The highest BCUT2D eigenvalue weighted by atomic mass is 32.2. The van der Waals surface area contributed by atoms with Crippen LogP contribution in [0.4, 0.5) is 5.69 Å². The molecule has 9 heteroatoms. The largest absolute Gasteiger partial charge is 0.484 e. The van der Waals surface area contributed by atoms with Gasteiger partial charge in [-0.3, -0.25) is 9.10 Å². The van der Waals surface area contributed by atoms with E-state index in [4.69, 9.17) is 9.15 Å². The predicted octanol–water partition coefficient (Wildman–Crippen LogP) is 2.86. The van der Waals surface area contributed by atoms with Crippen molar-refractivity contribution in [3.8, 4) is 5.75 Å². The highest BCUT2D eigenvalue weighted by Crippen LogP contribution is 2.26. The molecule has 3 aromatic rings. The zero-order chi connectivity index (χ0) is 19.3. The van der Waals surface area contributed by atoms with Gasteiger partial charge in [-0.05, 0) is 47.8 Å². The zero-order valence-electron chi connectivity index (χ0n) is 14.5. The first-order valence-electron chi connectivity index (χ1n) is 8.01. The SMILES string of the molecule is CN(c1ccc(OCC(=O)NCc2ccco2)cc1)S(=O)(=O)c1cccs1. The summed E-state index contributed by atoms with van der Waals surface area (Å²) in [6.07, 6.45) is 1.54. The molecule has 0 atom stereocenters. The molecule has 2 heterocycles. The Bertz CT molecular complexity index is 965. The molecule has 0 bridgehead atoms. The first-order valence-corrected chi connectivity index (χ1v) is 10.3. The third kappa shape index (κ3) is 4.69. The Hall–Kier alpha value is -2.78. The van der Waals surface area contributed by atoms with Crippen molar-refractivity contribution in [3.63, 3.8) is 0 Å². The smallest absolute Gasteiger partial charge is 0.273 e. The quantitative estimate of drug-likeness (QED) is 0.621. The number of amides is 1. The summed E-state index contributed by atoms with van der Waals surface area (Å²) in [5.74, 6) is 0.837. The van der Waals surface area contributed by atoms with Crippen LogP contribution in [0.2, 0.25) is 0 Å². The lowest BCUT2D eigenvalue weighted by Gasteiger charge is -2.18. The number of thiophene rings is 1. The van der Waals surface area contributed by atoms with Gasteiger partial charge in [0.15, 0.2) is 6.61 Å². The van der Waals surface area contributed by atoms with E-state index in [0.717, 1.165) is 0 Å². The Morgan fingerprint density at radius 3 is 2.59 bits per heavy atom. The fourth-order valence-corrected chi connectivity index (χ4v) is 4.59. The van der Waals surface area contributed by atoms with E-state index in [9.17, 15) is 13.2 Å². The Morgan fingerprint density at radius 2 is 1.96 bits per heavy atom. The van der Waals surface area contributed by atoms with Crippen LogP contribution >= 0.6 is 11.3 Å². The van der Waals surface area contributed by atoms with E-state index in [1.54, 1.807) is 53.9 Å². The minimum absolute atomic E-state index is 0.149. The van der Waals surface area contributed by atoms with Gasteiger partial charge in [-0.2, -0.15) is 0 Å². The molecule has 3 rings (SSSR count). The van der Waals surface area contributed by atoms with Crippen molar-refractivity contribution >= 4 is 33.0 Å². The second-order valence-corrected chi connectivity index (χ2v) is 8.69. The van der Waals surface area contributed by atoms with Crippen molar-refractivity contribution in [2.75, 3.05) is 18.0 Å². The normalized spacial score (nSPS) is 11.1. The number of carbonyl (C=O) groups excluding carboxylic acids is 1. The summed E-state index contributed by atoms with van der Waals surface area (Å²) in [4.78, 5) is 11.8. The number of sulfonamides is 1. The minimum Gasteiger partial charge on any atom is -0.484 e. The van der Waals surface area contributed by atoms with E-state index in [1.165, 1.54) is 29.0 Å². The number of anilines is 1. The van der Waals surface area contributed by atoms with Crippen LogP contribution in [0, 0.1) is 0 Å². The maximum absolute atomic E-state index is 12.5. The molecule has 0 fully saturated rings. The number of nitrogens with zero attached hydrogens (tertiary/aromatic N) is 1. The monoisotopic (exact) mass is 406 g/mol. The van der Waals surface area contributed by atoms with Crippen LogP contribution in [0.3, 0.4) is 0 Å². The molecule has 0 saturated carbocycles. The predicted molar refractivity (Wildman–Crippen MR) is 102 cm³/mol. The van der Waals surface area contributed by atoms with Crippen LogP contribution < -0.4 is 14.4 Å². The van der Waals surface area contributed by atoms with Crippen LogP contribution in [0.25, 0.3) is 0 Å². The zero-order valence-corrected chi connectivity index (χ0v) is 16.1. The Labute approximate surface area is 161 Å². The van der Waals surface area contributed by atoms with Gasteiger partial charge in [0.2, 0.25) is 0 Å². The Kier molecular flexibility index (Phi) is 5.82. The van der Waals surface area contributed by atoms with Crippen LogP contribution in [0.1, 0.15) is 5.76 Å². The third-order valence-corrected chi connectivity index (χ3v) is 6.88.